The highest BCUT2D eigenvalue weighted by Crippen LogP contribution is 2.21. The number of aromatic nitrogens is 1. The Balaban J connectivity index is 1.70. The molecule has 0 saturated carbocycles. The lowest BCUT2D eigenvalue weighted by atomic mass is 10.1. The number of carbonyl (C=O) groups excluding carboxylic acids is 2. The van der Waals surface area contributed by atoms with Crippen LogP contribution in [0.15, 0.2) is 24.5 Å². The van der Waals surface area contributed by atoms with Crippen LogP contribution in [0.1, 0.15) is 38.2 Å². The van der Waals surface area contributed by atoms with Crippen LogP contribution in [0.25, 0.3) is 0 Å². The minimum atomic E-state index is -0.236. The number of likely N-dealkylation sites (tertiary alicyclic amines) is 1. The number of esters is 1. The monoisotopic (exact) mass is 319 g/mol. The lowest BCUT2D eigenvalue weighted by molar-refractivity contribution is -0.144. The highest BCUT2D eigenvalue weighted by atomic mass is 16.5. The van der Waals surface area contributed by atoms with Gasteiger partial charge in [-0.2, -0.15) is 0 Å². The summed E-state index contributed by atoms with van der Waals surface area (Å²) in [6, 6.07) is 4.17. The molecule has 1 atom stereocenters. The number of hydrogen-bond acceptors (Lipinski definition) is 5. The van der Waals surface area contributed by atoms with Crippen LogP contribution in [0.3, 0.4) is 0 Å². The van der Waals surface area contributed by atoms with E-state index in [2.05, 4.69) is 10.3 Å². The number of amides is 1. The summed E-state index contributed by atoms with van der Waals surface area (Å²) >= 11 is 0. The summed E-state index contributed by atoms with van der Waals surface area (Å²) < 4.78 is 4.92. The van der Waals surface area contributed by atoms with Crippen molar-refractivity contribution in [1.29, 1.82) is 0 Å². The van der Waals surface area contributed by atoms with Crippen LogP contribution >= 0.6 is 0 Å². The molecule has 0 spiro atoms. The Morgan fingerprint density at radius 1 is 1.52 bits per heavy atom. The van der Waals surface area contributed by atoms with Gasteiger partial charge in [0.05, 0.1) is 13.0 Å². The highest BCUT2D eigenvalue weighted by Gasteiger charge is 2.30. The summed E-state index contributed by atoms with van der Waals surface area (Å²) in [6.07, 6.45) is 6.23. The van der Waals surface area contributed by atoms with Gasteiger partial charge in [0.1, 0.15) is 0 Å². The van der Waals surface area contributed by atoms with Crippen molar-refractivity contribution in [2.45, 2.75) is 45.2 Å². The second-order valence-corrected chi connectivity index (χ2v) is 5.66. The van der Waals surface area contributed by atoms with Gasteiger partial charge in [-0.05, 0) is 37.9 Å². The molecule has 6 nitrogen and oxygen atoms in total. The number of hydrogen-bond donors (Lipinski definition) is 1. The quantitative estimate of drug-likeness (QED) is 0.552. The second kappa shape index (κ2) is 9.25. The number of pyridine rings is 1. The number of nitrogens with one attached hydrogen (secondary N) is 1. The SMILES string of the molecule is CCOC(=O)CCN1C(=O)CC[C@H]1CCNCc1cccnc1. The van der Waals surface area contributed by atoms with Crippen molar-refractivity contribution >= 4 is 11.9 Å². The van der Waals surface area contributed by atoms with E-state index in [1.165, 1.54) is 0 Å². The van der Waals surface area contributed by atoms with Gasteiger partial charge in [0.2, 0.25) is 5.91 Å². The molecule has 126 valence electrons. The van der Waals surface area contributed by atoms with E-state index in [0.29, 0.717) is 19.6 Å². The highest BCUT2D eigenvalue weighted by molar-refractivity contribution is 5.79. The third-order valence-electron chi connectivity index (χ3n) is 4.02. The summed E-state index contributed by atoms with van der Waals surface area (Å²) in [6.45, 7) is 4.25. The Bertz CT molecular complexity index is 507. The number of carbonyl (C=O) groups is 2. The summed E-state index contributed by atoms with van der Waals surface area (Å²) in [4.78, 5) is 29.3. The Kier molecular flexibility index (Phi) is 7.00. The first kappa shape index (κ1) is 17.4. The molecule has 1 N–H and O–H groups in total. The van der Waals surface area contributed by atoms with Crippen LogP contribution in [0, 0.1) is 0 Å². The summed E-state index contributed by atoms with van der Waals surface area (Å²) in [7, 11) is 0. The molecule has 1 aliphatic heterocycles. The molecule has 1 aliphatic rings. The summed E-state index contributed by atoms with van der Waals surface area (Å²) in [5.41, 5.74) is 1.15. The maximum atomic E-state index is 12.0. The van der Waals surface area contributed by atoms with Gasteiger partial charge in [0, 0.05) is 37.9 Å². The molecule has 0 aromatic carbocycles. The van der Waals surface area contributed by atoms with Crippen LogP contribution < -0.4 is 5.32 Å². The van der Waals surface area contributed by atoms with Crippen LogP contribution in [0.5, 0.6) is 0 Å². The smallest absolute Gasteiger partial charge is 0.307 e. The third kappa shape index (κ3) is 5.63. The first-order valence-electron chi connectivity index (χ1n) is 8.25. The van der Waals surface area contributed by atoms with Gasteiger partial charge in [-0.1, -0.05) is 6.07 Å². The van der Waals surface area contributed by atoms with Gasteiger partial charge in [-0.15, -0.1) is 0 Å². The molecule has 2 heterocycles. The van der Waals surface area contributed by atoms with Crippen LogP contribution in [-0.4, -0.2) is 47.5 Å². The third-order valence-corrected chi connectivity index (χ3v) is 4.02. The van der Waals surface area contributed by atoms with E-state index in [1.807, 2.05) is 23.2 Å². The fourth-order valence-corrected chi connectivity index (χ4v) is 2.85. The molecular weight excluding hydrogens is 294 g/mol. The van der Waals surface area contributed by atoms with Crippen molar-refractivity contribution in [3.63, 3.8) is 0 Å². The van der Waals surface area contributed by atoms with Crippen molar-refractivity contribution in [1.82, 2.24) is 15.2 Å². The molecule has 1 saturated heterocycles. The Hall–Kier alpha value is -1.95. The Labute approximate surface area is 137 Å². The largest absolute Gasteiger partial charge is 0.466 e. The molecule has 0 aliphatic carbocycles. The molecule has 1 amide bonds. The van der Waals surface area contributed by atoms with Crippen molar-refractivity contribution in [2.24, 2.45) is 0 Å². The summed E-state index contributed by atoms with van der Waals surface area (Å²) in [5.74, 6) is -0.0905. The van der Waals surface area contributed by atoms with E-state index in [-0.39, 0.29) is 24.3 Å². The van der Waals surface area contributed by atoms with Crippen molar-refractivity contribution < 1.29 is 14.3 Å². The van der Waals surface area contributed by atoms with Gasteiger partial charge in [-0.3, -0.25) is 14.6 Å². The van der Waals surface area contributed by atoms with Gasteiger partial charge >= 0.3 is 5.97 Å². The minimum Gasteiger partial charge on any atom is -0.466 e. The van der Waals surface area contributed by atoms with Gasteiger partial charge in [-0.25, -0.2) is 0 Å². The standard InChI is InChI=1S/C17H25N3O3/c1-2-23-17(22)8-11-20-15(5-6-16(20)21)7-10-19-13-14-4-3-9-18-12-14/h3-4,9,12,15,19H,2,5-8,10-11,13H2,1H3/t15-/m0/s1. The zero-order chi connectivity index (χ0) is 16.5. The number of rotatable bonds is 9. The maximum absolute atomic E-state index is 12.0. The van der Waals surface area contributed by atoms with E-state index in [0.717, 1.165) is 31.5 Å². The van der Waals surface area contributed by atoms with Crippen molar-refractivity contribution in [2.75, 3.05) is 19.7 Å². The van der Waals surface area contributed by atoms with E-state index in [4.69, 9.17) is 4.74 Å². The average Bonchev–Trinajstić information content (AvgIpc) is 2.91. The second-order valence-electron chi connectivity index (χ2n) is 5.66. The summed E-state index contributed by atoms with van der Waals surface area (Å²) in [5, 5.41) is 3.38. The normalized spacial score (nSPS) is 17.5. The van der Waals surface area contributed by atoms with E-state index in [1.54, 1.807) is 13.1 Å². The van der Waals surface area contributed by atoms with Gasteiger partial charge in [0.15, 0.2) is 0 Å². The molecule has 0 unspecified atom stereocenters. The van der Waals surface area contributed by atoms with E-state index in [9.17, 15) is 9.59 Å². The first-order valence-corrected chi connectivity index (χ1v) is 8.25. The van der Waals surface area contributed by atoms with Crippen molar-refractivity contribution in [3.8, 4) is 0 Å². The maximum Gasteiger partial charge on any atom is 0.307 e. The Morgan fingerprint density at radius 3 is 3.13 bits per heavy atom. The molecular formula is C17H25N3O3. The number of ether oxygens (including phenoxy) is 1. The molecule has 1 aromatic heterocycles. The minimum absolute atomic E-state index is 0.145. The van der Waals surface area contributed by atoms with Gasteiger partial charge in [0.25, 0.3) is 0 Å². The molecule has 23 heavy (non-hydrogen) atoms. The lowest BCUT2D eigenvalue weighted by Gasteiger charge is -2.24. The van der Waals surface area contributed by atoms with Crippen molar-refractivity contribution in [3.05, 3.63) is 30.1 Å². The predicted octanol–water partition coefficient (Wildman–Crippen LogP) is 1.51. The topological polar surface area (TPSA) is 71.5 Å². The van der Waals surface area contributed by atoms with E-state index >= 15 is 0 Å². The van der Waals surface area contributed by atoms with Crippen LogP contribution in [0.4, 0.5) is 0 Å². The van der Waals surface area contributed by atoms with Crippen LogP contribution in [-0.2, 0) is 20.9 Å². The molecule has 2 rings (SSSR count). The van der Waals surface area contributed by atoms with Crippen LogP contribution in [0.2, 0.25) is 0 Å². The lowest BCUT2D eigenvalue weighted by Crippen LogP contribution is -2.36. The fraction of sp³-hybridized carbons (Fsp3) is 0.588. The fourth-order valence-electron chi connectivity index (χ4n) is 2.85. The van der Waals surface area contributed by atoms with E-state index < -0.39 is 0 Å². The average molecular weight is 319 g/mol. The number of nitrogens with zero attached hydrogens (tertiary/aromatic N) is 2. The zero-order valence-electron chi connectivity index (χ0n) is 13.7. The molecule has 1 fully saturated rings. The Morgan fingerprint density at radius 2 is 2.39 bits per heavy atom. The first-order chi connectivity index (χ1) is 11.2. The predicted molar refractivity (Wildman–Crippen MR) is 86.5 cm³/mol. The van der Waals surface area contributed by atoms with Gasteiger partial charge < -0.3 is 15.0 Å². The molecule has 0 bridgehead atoms. The molecule has 1 aromatic rings. The molecule has 6 heteroatoms. The molecule has 0 radical (unpaired) electrons. The zero-order valence-corrected chi connectivity index (χ0v) is 13.7.